The second-order valence-electron chi connectivity index (χ2n) is 5.31. The van der Waals surface area contributed by atoms with E-state index < -0.39 is 0 Å². The van der Waals surface area contributed by atoms with Crippen LogP contribution in [0.4, 0.5) is 4.39 Å². The highest BCUT2D eigenvalue weighted by Crippen LogP contribution is 2.32. The third-order valence-corrected chi connectivity index (χ3v) is 4.00. The van der Waals surface area contributed by atoms with Crippen LogP contribution < -0.4 is 10.1 Å². The normalized spacial score (nSPS) is 17.1. The Hall–Kier alpha value is -0.840. The molecule has 0 spiro atoms. The molecular formula is C16H26ClFN2O. The summed E-state index contributed by atoms with van der Waals surface area (Å²) in [4.78, 5) is 2.39. The van der Waals surface area contributed by atoms with Gasteiger partial charge in [0.1, 0.15) is 0 Å². The predicted octanol–water partition coefficient (Wildman–Crippen LogP) is 3.39. The minimum atomic E-state index is -0.199. The molecule has 120 valence electrons. The van der Waals surface area contributed by atoms with E-state index in [-0.39, 0.29) is 24.3 Å². The average molecular weight is 317 g/mol. The van der Waals surface area contributed by atoms with Crippen molar-refractivity contribution >= 4 is 12.4 Å². The van der Waals surface area contributed by atoms with E-state index in [1.165, 1.54) is 7.11 Å². The van der Waals surface area contributed by atoms with Gasteiger partial charge >= 0.3 is 0 Å². The van der Waals surface area contributed by atoms with Gasteiger partial charge < -0.3 is 10.1 Å². The third kappa shape index (κ3) is 4.56. The first kappa shape index (κ1) is 18.2. The van der Waals surface area contributed by atoms with Gasteiger partial charge in [-0.3, -0.25) is 4.90 Å². The van der Waals surface area contributed by atoms with E-state index in [2.05, 4.69) is 17.1 Å². The lowest BCUT2D eigenvalue weighted by Gasteiger charge is -2.35. The Morgan fingerprint density at radius 3 is 2.67 bits per heavy atom. The molecule has 1 aliphatic heterocycles. The van der Waals surface area contributed by atoms with Gasteiger partial charge in [0.25, 0.3) is 0 Å². The standard InChI is InChI=1S/C16H25FN2O.ClH/c1-3-4-7-14(19-11-9-18-10-12-19)13-6-5-8-15(20-2)16(13)17;/h5-6,8,14,18H,3-4,7,9-12H2,1-2H3;1H/t14-;/m1./s1. The molecule has 3 nitrogen and oxygen atoms in total. The van der Waals surface area contributed by atoms with Gasteiger partial charge in [-0.05, 0) is 12.5 Å². The van der Waals surface area contributed by atoms with Gasteiger partial charge in [0, 0.05) is 37.8 Å². The van der Waals surface area contributed by atoms with Gasteiger partial charge in [-0.25, -0.2) is 4.39 Å². The van der Waals surface area contributed by atoms with Gasteiger partial charge in [0.15, 0.2) is 11.6 Å². The Morgan fingerprint density at radius 2 is 2.05 bits per heavy atom. The molecule has 0 unspecified atom stereocenters. The Bertz CT molecular complexity index is 425. The highest BCUT2D eigenvalue weighted by molar-refractivity contribution is 5.85. The van der Waals surface area contributed by atoms with Crippen LogP contribution in [0.5, 0.6) is 5.75 Å². The van der Waals surface area contributed by atoms with Crippen molar-refractivity contribution in [2.24, 2.45) is 0 Å². The molecule has 1 aliphatic rings. The molecule has 0 bridgehead atoms. The average Bonchev–Trinajstić information content (AvgIpc) is 2.50. The molecule has 21 heavy (non-hydrogen) atoms. The number of piperazine rings is 1. The van der Waals surface area contributed by atoms with Crippen molar-refractivity contribution in [2.75, 3.05) is 33.3 Å². The number of hydrogen-bond donors (Lipinski definition) is 1. The summed E-state index contributed by atoms with van der Waals surface area (Å²) < 4.78 is 19.7. The van der Waals surface area contributed by atoms with Gasteiger partial charge in [-0.2, -0.15) is 0 Å². The summed E-state index contributed by atoms with van der Waals surface area (Å²) in [5.41, 5.74) is 0.778. The maximum absolute atomic E-state index is 14.5. The zero-order valence-electron chi connectivity index (χ0n) is 12.9. The fraction of sp³-hybridized carbons (Fsp3) is 0.625. The summed E-state index contributed by atoms with van der Waals surface area (Å²) in [5, 5.41) is 3.35. The molecule has 1 saturated heterocycles. The first-order valence-electron chi connectivity index (χ1n) is 7.55. The van der Waals surface area contributed by atoms with Crippen LogP contribution in [0.15, 0.2) is 18.2 Å². The molecule has 1 N–H and O–H groups in total. The van der Waals surface area contributed by atoms with Gasteiger partial charge in [-0.15, -0.1) is 12.4 Å². The Kier molecular flexibility index (Phi) is 8.01. The Balaban J connectivity index is 0.00000220. The van der Waals surface area contributed by atoms with Crippen molar-refractivity contribution in [1.29, 1.82) is 0 Å². The number of nitrogens with zero attached hydrogens (tertiary/aromatic N) is 1. The van der Waals surface area contributed by atoms with Crippen LogP contribution in [0.3, 0.4) is 0 Å². The molecular weight excluding hydrogens is 291 g/mol. The van der Waals surface area contributed by atoms with Crippen molar-refractivity contribution in [3.8, 4) is 5.75 Å². The number of unbranched alkanes of at least 4 members (excludes halogenated alkanes) is 1. The number of nitrogens with one attached hydrogen (secondary N) is 1. The van der Waals surface area contributed by atoms with E-state index in [4.69, 9.17) is 4.74 Å². The van der Waals surface area contributed by atoms with Gasteiger partial charge in [0.2, 0.25) is 0 Å². The van der Waals surface area contributed by atoms with Crippen LogP contribution in [-0.2, 0) is 0 Å². The first-order chi connectivity index (χ1) is 9.77. The third-order valence-electron chi connectivity index (χ3n) is 4.00. The number of halogens is 2. The van der Waals surface area contributed by atoms with Gasteiger partial charge in [0.05, 0.1) is 7.11 Å². The molecule has 1 fully saturated rings. The van der Waals surface area contributed by atoms with Gasteiger partial charge in [-0.1, -0.05) is 31.9 Å². The lowest BCUT2D eigenvalue weighted by Crippen LogP contribution is -2.45. The topological polar surface area (TPSA) is 24.5 Å². The Labute approximate surface area is 133 Å². The second-order valence-corrected chi connectivity index (χ2v) is 5.31. The summed E-state index contributed by atoms with van der Waals surface area (Å²) in [6, 6.07) is 5.64. The van der Waals surface area contributed by atoms with E-state index in [1.807, 2.05) is 12.1 Å². The van der Waals surface area contributed by atoms with E-state index in [0.717, 1.165) is 51.0 Å². The fourth-order valence-corrected chi connectivity index (χ4v) is 2.87. The predicted molar refractivity (Wildman–Crippen MR) is 86.9 cm³/mol. The van der Waals surface area contributed by atoms with Crippen molar-refractivity contribution < 1.29 is 9.13 Å². The summed E-state index contributed by atoms with van der Waals surface area (Å²) in [6.07, 6.45) is 3.25. The quantitative estimate of drug-likeness (QED) is 0.870. The van der Waals surface area contributed by atoms with Crippen molar-refractivity contribution in [3.63, 3.8) is 0 Å². The lowest BCUT2D eigenvalue weighted by atomic mass is 9.98. The van der Waals surface area contributed by atoms with Crippen molar-refractivity contribution in [2.45, 2.75) is 32.2 Å². The van der Waals surface area contributed by atoms with Crippen LogP contribution in [0, 0.1) is 5.82 Å². The SMILES string of the molecule is CCCC[C@H](c1cccc(OC)c1F)N1CCNCC1.Cl. The monoisotopic (exact) mass is 316 g/mol. The molecule has 0 radical (unpaired) electrons. The number of ether oxygens (including phenoxy) is 1. The highest BCUT2D eigenvalue weighted by atomic mass is 35.5. The fourth-order valence-electron chi connectivity index (χ4n) is 2.87. The number of benzene rings is 1. The van der Waals surface area contributed by atoms with E-state index in [1.54, 1.807) is 6.07 Å². The summed E-state index contributed by atoms with van der Waals surface area (Å²) in [7, 11) is 1.52. The zero-order valence-corrected chi connectivity index (χ0v) is 13.7. The van der Waals surface area contributed by atoms with Crippen LogP contribution in [0.25, 0.3) is 0 Å². The molecule has 5 heteroatoms. The molecule has 0 aromatic heterocycles. The van der Waals surface area contributed by atoms with Crippen LogP contribution in [0.1, 0.15) is 37.8 Å². The maximum atomic E-state index is 14.5. The minimum Gasteiger partial charge on any atom is -0.494 e. The maximum Gasteiger partial charge on any atom is 0.169 e. The molecule has 1 heterocycles. The lowest BCUT2D eigenvalue weighted by molar-refractivity contribution is 0.159. The smallest absolute Gasteiger partial charge is 0.169 e. The summed E-state index contributed by atoms with van der Waals surface area (Å²) in [6.45, 7) is 6.09. The molecule has 0 aliphatic carbocycles. The highest BCUT2D eigenvalue weighted by Gasteiger charge is 2.25. The van der Waals surface area contributed by atoms with Crippen LogP contribution in [-0.4, -0.2) is 38.2 Å². The minimum absolute atomic E-state index is 0. The molecule has 0 amide bonds. The summed E-state index contributed by atoms with van der Waals surface area (Å²) >= 11 is 0. The molecule has 0 saturated carbocycles. The largest absolute Gasteiger partial charge is 0.494 e. The van der Waals surface area contributed by atoms with E-state index in [0.29, 0.717) is 5.75 Å². The van der Waals surface area contributed by atoms with E-state index in [9.17, 15) is 4.39 Å². The molecule has 1 atom stereocenters. The first-order valence-corrected chi connectivity index (χ1v) is 7.55. The number of rotatable bonds is 6. The van der Waals surface area contributed by atoms with Crippen molar-refractivity contribution in [3.05, 3.63) is 29.6 Å². The van der Waals surface area contributed by atoms with Crippen LogP contribution >= 0.6 is 12.4 Å². The Morgan fingerprint density at radius 1 is 1.33 bits per heavy atom. The van der Waals surface area contributed by atoms with E-state index >= 15 is 0 Å². The van der Waals surface area contributed by atoms with Crippen molar-refractivity contribution in [1.82, 2.24) is 10.2 Å². The molecule has 1 aromatic carbocycles. The molecule has 2 rings (SSSR count). The number of methoxy groups -OCH3 is 1. The molecule has 1 aromatic rings. The zero-order chi connectivity index (χ0) is 14.4. The second kappa shape index (κ2) is 9.23. The number of hydrogen-bond acceptors (Lipinski definition) is 3. The van der Waals surface area contributed by atoms with Crippen LogP contribution in [0.2, 0.25) is 0 Å². The summed E-state index contributed by atoms with van der Waals surface area (Å²) in [5.74, 6) is 0.147.